The van der Waals surface area contributed by atoms with E-state index in [4.69, 9.17) is 9.78 Å². The molecule has 3 atom stereocenters. The molecule has 1 fully saturated rings. The van der Waals surface area contributed by atoms with Gasteiger partial charge in [-0.1, -0.05) is 27.2 Å². The number of rotatable bonds is 6. The van der Waals surface area contributed by atoms with Crippen LogP contribution in [0.2, 0.25) is 0 Å². The minimum atomic E-state index is -0.752. The summed E-state index contributed by atoms with van der Waals surface area (Å²) in [7, 11) is 0. The molecule has 25 heavy (non-hydrogen) atoms. The molecule has 1 saturated carbocycles. The molecule has 0 bridgehead atoms. The summed E-state index contributed by atoms with van der Waals surface area (Å²) >= 11 is 0. The zero-order valence-electron chi connectivity index (χ0n) is 16.7. The van der Waals surface area contributed by atoms with Gasteiger partial charge in [-0.15, -0.1) is 0 Å². The average molecular weight is 351 g/mol. The van der Waals surface area contributed by atoms with Crippen LogP contribution in [-0.4, -0.2) is 35.0 Å². The average Bonchev–Trinajstić information content (AvgIpc) is 2.70. The zero-order valence-corrected chi connectivity index (χ0v) is 16.7. The van der Waals surface area contributed by atoms with Gasteiger partial charge in [-0.25, -0.2) is 9.78 Å². The first-order chi connectivity index (χ1) is 11.5. The van der Waals surface area contributed by atoms with Gasteiger partial charge in [-0.3, -0.25) is 14.5 Å². The van der Waals surface area contributed by atoms with Crippen LogP contribution in [0.3, 0.4) is 0 Å². The van der Waals surface area contributed by atoms with Gasteiger partial charge in [0.15, 0.2) is 0 Å². The summed E-state index contributed by atoms with van der Waals surface area (Å²) in [6.07, 6.45) is 3.43. The van der Waals surface area contributed by atoms with E-state index in [1.807, 2.05) is 13.8 Å². The lowest BCUT2D eigenvalue weighted by Crippen LogP contribution is -2.46. The Kier molecular flexibility index (Phi) is 6.10. The molecule has 0 aromatic heterocycles. The van der Waals surface area contributed by atoms with Crippen molar-refractivity contribution in [2.45, 2.75) is 79.4 Å². The Morgan fingerprint density at radius 1 is 1.12 bits per heavy atom. The molecule has 0 radical (unpaired) electrons. The van der Waals surface area contributed by atoms with Crippen LogP contribution in [0.1, 0.15) is 67.7 Å². The van der Waals surface area contributed by atoms with E-state index in [-0.39, 0.29) is 24.5 Å². The maximum Gasteiger partial charge on any atom is 0.256 e. The monoisotopic (exact) mass is 351 g/mol. The van der Waals surface area contributed by atoms with Crippen molar-refractivity contribution in [3.05, 3.63) is 11.1 Å². The summed E-state index contributed by atoms with van der Waals surface area (Å²) in [6.45, 7) is 14.0. The lowest BCUT2D eigenvalue weighted by Gasteiger charge is -2.38. The highest BCUT2D eigenvalue weighted by Crippen LogP contribution is 2.36. The minimum Gasteiger partial charge on any atom is -0.272 e. The summed E-state index contributed by atoms with van der Waals surface area (Å²) in [4.78, 5) is 37.4. The van der Waals surface area contributed by atoms with Gasteiger partial charge in [-0.05, 0) is 58.3 Å². The van der Waals surface area contributed by atoms with Gasteiger partial charge in [0, 0.05) is 11.1 Å². The van der Waals surface area contributed by atoms with E-state index in [1.165, 1.54) is 11.3 Å². The largest absolute Gasteiger partial charge is 0.272 e. The predicted molar refractivity (Wildman–Crippen MR) is 96.5 cm³/mol. The highest BCUT2D eigenvalue weighted by molar-refractivity contribution is 6.18. The van der Waals surface area contributed by atoms with Crippen LogP contribution in [0.4, 0.5) is 0 Å². The normalized spacial score (nSPS) is 28.5. The summed E-state index contributed by atoms with van der Waals surface area (Å²) < 4.78 is 0. The first-order valence-electron chi connectivity index (χ1n) is 9.41. The Balaban J connectivity index is 1.97. The van der Waals surface area contributed by atoms with E-state index in [9.17, 15) is 9.59 Å². The number of hydrogen-bond donors (Lipinski definition) is 0. The van der Waals surface area contributed by atoms with Crippen molar-refractivity contribution < 1.29 is 19.4 Å². The number of carbonyl (C=O) groups excluding carboxylic acids is 2. The molecule has 0 spiro atoms. The minimum absolute atomic E-state index is 0.0644. The van der Waals surface area contributed by atoms with E-state index < -0.39 is 5.60 Å². The molecule has 0 N–H and O–H groups in total. The lowest BCUT2D eigenvalue weighted by atomic mass is 9.75. The lowest BCUT2D eigenvalue weighted by molar-refractivity contribution is -0.390. The molecule has 142 valence electrons. The molecule has 1 aliphatic heterocycles. The third kappa shape index (κ3) is 4.50. The Labute approximate surface area is 151 Å². The Morgan fingerprint density at radius 3 is 2.20 bits per heavy atom. The summed E-state index contributed by atoms with van der Waals surface area (Å²) in [5, 5.41) is 0. The molecule has 0 saturated heterocycles. The SMILES string of the molecule is CC1=C(C)C(=O)N(CC(C)(C)OOC2CC(C)CCC2C(C)C)C1=O. The topological polar surface area (TPSA) is 55.8 Å². The highest BCUT2D eigenvalue weighted by Gasteiger charge is 2.39. The second-order valence-electron chi connectivity index (χ2n) is 8.75. The molecule has 2 amide bonds. The van der Waals surface area contributed by atoms with Crippen LogP contribution in [0.15, 0.2) is 11.1 Å². The smallest absolute Gasteiger partial charge is 0.256 e. The van der Waals surface area contributed by atoms with E-state index >= 15 is 0 Å². The highest BCUT2D eigenvalue weighted by atomic mass is 17.2. The van der Waals surface area contributed by atoms with Gasteiger partial charge in [0.1, 0.15) is 5.60 Å². The maximum absolute atomic E-state index is 12.2. The van der Waals surface area contributed by atoms with Gasteiger partial charge in [0.05, 0.1) is 12.6 Å². The molecule has 2 rings (SSSR count). The Bertz CT molecular complexity index is 540. The standard InChI is InChI=1S/C20H33NO4/c1-12(2)16-9-8-13(3)10-17(16)24-25-20(6,7)11-21-18(22)14(4)15(5)19(21)23/h12-13,16-17H,8-11H2,1-7H3. The van der Waals surface area contributed by atoms with E-state index in [1.54, 1.807) is 13.8 Å². The van der Waals surface area contributed by atoms with Crippen LogP contribution in [0.5, 0.6) is 0 Å². The number of amides is 2. The number of imide groups is 1. The first kappa shape index (κ1) is 20.1. The Morgan fingerprint density at radius 2 is 1.68 bits per heavy atom. The van der Waals surface area contributed by atoms with Crippen molar-refractivity contribution in [3.8, 4) is 0 Å². The van der Waals surface area contributed by atoms with Crippen molar-refractivity contribution in [1.29, 1.82) is 0 Å². The molecule has 2 aliphatic rings. The fourth-order valence-electron chi connectivity index (χ4n) is 3.79. The summed E-state index contributed by atoms with van der Waals surface area (Å²) in [6, 6.07) is 0. The van der Waals surface area contributed by atoms with Gasteiger partial charge < -0.3 is 0 Å². The summed E-state index contributed by atoms with van der Waals surface area (Å²) in [5.41, 5.74) is 0.281. The zero-order chi connectivity index (χ0) is 18.9. The summed E-state index contributed by atoms with van der Waals surface area (Å²) in [5.74, 6) is 1.19. The third-order valence-electron chi connectivity index (χ3n) is 5.59. The van der Waals surface area contributed by atoms with E-state index in [2.05, 4.69) is 20.8 Å². The van der Waals surface area contributed by atoms with Crippen molar-refractivity contribution in [2.75, 3.05) is 6.54 Å². The molecule has 1 aliphatic carbocycles. The second-order valence-corrected chi connectivity index (χ2v) is 8.75. The van der Waals surface area contributed by atoms with Crippen molar-refractivity contribution in [2.24, 2.45) is 17.8 Å². The number of hydrogen-bond acceptors (Lipinski definition) is 4. The molecule has 0 aromatic rings. The number of nitrogens with zero attached hydrogens (tertiary/aromatic N) is 1. The predicted octanol–water partition coefficient (Wildman–Crippen LogP) is 3.88. The molecular weight excluding hydrogens is 318 g/mol. The van der Waals surface area contributed by atoms with Crippen molar-refractivity contribution >= 4 is 11.8 Å². The molecule has 5 nitrogen and oxygen atoms in total. The third-order valence-corrected chi connectivity index (χ3v) is 5.59. The molecule has 3 unspecified atom stereocenters. The van der Waals surface area contributed by atoms with Crippen LogP contribution in [0, 0.1) is 17.8 Å². The number of carbonyl (C=O) groups is 2. The van der Waals surface area contributed by atoms with Crippen LogP contribution < -0.4 is 0 Å². The van der Waals surface area contributed by atoms with Crippen LogP contribution >= 0.6 is 0 Å². The van der Waals surface area contributed by atoms with Crippen LogP contribution in [0.25, 0.3) is 0 Å². The van der Waals surface area contributed by atoms with Crippen molar-refractivity contribution in [1.82, 2.24) is 4.90 Å². The molecule has 5 heteroatoms. The van der Waals surface area contributed by atoms with Crippen molar-refractivity contribution in [3.63, 3.8) is 0 Å². The van der Waals surface area contributed by atoms with E-state index in [0.29, 0.717) is 28.9 Å². The van der Waals surface area contributed by atoms with Gasteiger partial charge in [-0.2, -0.15) is 0 Å². The fourth-order valence-corrected chi connectivity index (χ4v) is 3.79. The first-order valence-corrected chi connectivity index (χ1v) is 9.41. The van der Waals surface area contributed by atoms with Crippen LogP contribution in [-0.2, 0) is 19.4 Å². The fraction of sp³-hybridized carbons (Fsp3) is 0.800. The second kappa shape index (κ2) is 7.58. The van der Waals surface area contributed by atoms with Gasteiger partial charge in [0.25, 0.3) is 11.8 Å². The van der Waals surface area contributed by atoms with Gasteiger partial charge >= 0.3 is 0 Å². The Hall–Kier alpha value is -1.20. The molecular formula is C20H33NO4. The quantitative estimate of drug-likeness (QED) is 0.414. The maximum atomic E-state index is 12.2. The molecule has 0 aromatic carbocycles. The molecule has 1 heterocycles. The van der Waals surface area contributed by atoms with Gasteiger partial charge in [0.2, 0.25) is 0 Å². The van der Waals surface area contributed by atoms with E-state index in [0.717, 1.165) is 12.8 Å².